The second-order valence-electron chi connectivity index (χ2n) is 4.44. The van der Waals surface area contributed by atoms with Crippen LogP contribution in [0.5, 0.6) is 11.5 Å². The number of hydrogen-bond acceptors (Lipinski definition) is 4. The molecule has 1 aliphatic rings. The summed E-state index contributed by atoms with van der Waals surface area (Å²) < 4.78 is 11.3. The molecule has 0 fully saturated rings. The van der Waals surface area contributed by atoms with Crippen LogP contribution in [0.15, 0.2) is 46.2 Å². The minimum absolute atomic E-state index is 0.677. The fourth-order valence-electron chi connectivity index (χ4n) is 1.93. The van der Waals surface area contributed by atoms with E-state index in [1.165, 1.54) is 0 Å². The molecule has 0 radical (unpaired) electrons. The van der Waals surface area contributed by atoms with Crippen LogP contribution in [0.1, 0.15) is 6.42 Å². The lowest BCUT2D eigenvalue weighted by atomic mass is 10.3. The Morgan fingerprint density at radius 1 is 1.00 bits per heavy atom. The second kappa shape index (κ2) is 5.85. The van der Waals surface area contributed by atoms with Gasteiger partial charge < -0.3 is 15.2 Å². The van der Waals surface area contributed by atoms with Gasteiger partial charge in [0.15, 0.2) is 11.5 Å². The maximum Gasteiger partial charge on any atom is 0.162 e. The van der Waals surface area contributed by atoms with Crippen molar-refractivity contribution in [2.75, 3.05) is 18.9 Å². The first-order chi connectivity index (χ1) is 9.72. The van der Waals surface area contributed by atoms with E-state index in [1.54, 1.807) is 17.8 Å². The van der Waals surface area contributed by atoms with Crippen LogP contribution in [0.2, 0.25) is 5.02 Å². The summed E-state index contributed by atoms with van der Waals surface area (Å²) in [5.41, 5.74) is 6.68. The minimum Gasteiger partial charge on any atom is -0.490 e. The fraction of sp³-hybridized carbons (Fsp3) is 0.200. The minimum atomic E-state index is 0.677. The molecule has 0 aromatic heterocycles. The van der Waals surface area contributed by atoms with Gasteiger partial charge in [0.25, 0.3) is 0 Å². The van der Waals surface area contributed by atoms with Gasteiger partial charge in [-0.05, 0) is 36.4 Å². The lowest BCUT2D eigenvalue weighted by Gasteiger charge is -2.10. The largest absolute Gasteiger partial charge is 0.490 e. The van der Waals surface area contributed by atoms with Crippen LogP contribution < -0.4 is 15.2 Å². The van der Waals surface area contributed by atoms with Crippen molar-refractivity contribution < 1.29 is 9.47 Å². The standard InChI is InChI=1S/C15H14ClNO2S/c16-10-2-4-12(17)15(8-10)20-11-3-5-13-14(9-11)19-7-1-6-18-13/h2-5,8-9H,1,6-7,17H2. The van der Waals surface area contributed by atoms with E-state index >= 15 is 0 Å². The Hall–Kier alpha value is -1.52. The molecule has 3 rings (SSSR count). The molecule has 0 amide bonds. The van der Waals surface area contributed by atoms with Crippen LogP contribution in [0.4, 0.5) is 5.69 Å². The third kappa shape index (κ3) is 2.97. The third-order valence-electron chi connectivity index (χ3n) is 2.92. The van der Waals surface area contributed by atoms with E-state index in [0.29, 0.717) is 23.9 Å². The zero-order valence-corrected chi connectivity index (χ0v) is 12.3. The summed E-state index contributed by atoms with van der Waals surface area (Å²) in [5, 5.41) is 0.677. The van der Waals surface area contributed by atoms with Gasteiger partial charge in [0.2, 0.25) is 0 Å². The zero-order valence-electron chi connectivity index (χ0n) is 10.8. The molecule has 0 unspecified atom stereocenters. The number of ether oxygens (including phenoxy) is 2. The van der Waals surface area contributed by atoms with E-state index in [2.05, 4.69) is 0 Å². The van der Waals surface area contributed by atoms with Crippen LogP contribution in [0, 0.1) is 0 Å². The number of benzene rings is 2. The summed E-state index contributed by atoms with van der Waals surface area (Å²) >= 11 is 7.57. The molecule has 0 atom stereocenters. The van der Waals surface area contributed by atoms with Gasteiger partial charge in [-0.2, -0.15) is 0 Å². The average Bonchev–Trinajstić information content (AvgIpc) is 2.67. The molecule has 2 aromatic carbocycles. The summed E-state index contributed by atoms with van der Waals surface area (Å²) in [6.45, 7) is 1.38. The molecule has 3 nitrogen and oxygen atoms in total. The Morgan fingerprint density at radius 3 is 2.65 bits per heavy atom. The maximum absolute atomic E-state index is 6.01. The molecule has 1 aliphatic heterocycles. The van der Waals surface area contributed by atoms with Crippen molar-refractivity contribution in [3.63, 3.8) is 0 Å². The van der Waals surface area contributed by atoms with Crippen LogP contribution in [-0.2, 0) is 0 Å². The Kier molecular flexibility index (Phi) is 3.94. The molecule has 5 heteroatoms. The highest BCUT2D eigenvalue weighted by Crippen LogP contribution is 2.39. The van der Waals surface area contributed by atoms with E-state index in [4.69, 9.17) is 26.8 Å². The van der Waals surface area contributed by atoms with Crippen molar-refractivity contribution in [2.45, 2.75) is 16.2 Å². The predicted octanol–water partition coefficient (Wildman–Crippen LogP) is 4.23. The first-order valence-corrected chi connectivity index (χ1v) is 7.54. The smallest absolute Gasteiger partial charge is 0.162 e. The molecule has 0 spiro atoms. The van der Waals surface area contributed by atoms with E-state index in [0.717, 1.165) is 27.7 Å². The van der Waals surface area contributed by atoms with Crippen molar-refractivity contribution in [1.29, 1.82) is 0 Å². The Balaban J connectivity index is 1.87. The monoisotopic (exact) mass is 307 g/mol. The number of anilines is 1. The highest BCUT2D eigenvalue weighted by atomic mass is 35.5. The van der Waals surface area contributed by atoms with E-state index < -0.39 is 0 Å². The van der Waals surface area contributed by atoms with Crippen LogP contribution in [-0.4, -0.2) is 13.2 Å². The molecule has 2 aromatic rings. The molecule has 0 bridgehead atoms. The molecule has 1 heterocycles. The van der Waals surface area contributed by atoms with Crippen LogP contribution in [0.3, 0.4) is 0 Å². The van der Waals surface area contributed by atoms with Gasteiger partial charge in [-0.15, -0.1) is 0 Å². The zero-order chi connectivity index (χ0) is 13.9. The molecular weight excluding hydrogens is 294 g/mol. The van der Waals surface area contributed by atoms with Gasteiger partial charge in [-0.1, -0.05) is 23.4 Å². The SMILES string of the molecule is Nc1ccc(Cl)cc1Sc1ccc2c(c1)OCCCO2. The quantitative estimate of drug-likeness (QED) is 0.843. The van der Waals surface area contributed by atoms with Gasteiger partial charge in [-0.25, -0.2) is 0 Å². The number of halogens is 1. The van der Waals surface area contributed by atoms with Crippen molar-refractivity contribution >= 4 is 29.1 Å². The maximum atomic E-state index is 6.01. The fourth-order valence-corrected chi connectivity index (χ4v) is 3.10. The topological polar surface area (TPSA) is 44.5 Å². The van der Waals surface area contributed by atoms with Gasteiger partial charge >= 0.3 is 0 Å². The summed E-state index contributed by atoms with van der Waals surface area (Å²) in [6.07, 6.45) is 0.901. The van der Waals surface area contributed by atoms with Gasteiger partial charge in [0.05, 0.1) is 13.2 Å². The summed E-state index contributed by atoms with van der Waals surface area (Å²) in [5.74, 6) is 1.58. The Bertz CT molecular complexity index is 633. The second-order valence-corrected chi connectivity index (χ2v) is 6.00. The van der Waals surface area contributed by atoms with Gasteiger partial charge in [-0.3, -0.25) is 0 Å². The van der Waals surface area contributed by atoms with Crippen LogP contribution in [0.25, 0.3) is 0 Å². The first kappa shape index (κ1) is 13.5. The molecule has 0 saturated heterocycles. The predicted molar refractivity (Wildman–Crippen MR) is 82.0 cm³/mol. The highest BCUT2D eigenvalue weighted by Gasteiger charge is 2.12. The van der Waals surface area contributed by atoms with Gasteiger partial charge in [0, 0.05) is 26.9 Å². The van der Waals surface area contributed by atoms with Crippen molar-refractivity contribution in [3.8, 4) is 11.5 Å². The average molecular weight is 308 g/mol. The number of nitrogen functional groups attached to an aromatic ring is 1. The molecule has 104 valence electrons. The summed E-state index contributed by atoms with van der Waals surface area (Å²) in [4.78, 5) is 1.98. The molecule has 20 heavy (non-hydrogen) atoms. The molecule has 0 saturated carbocycles. The van der Waals surface area contributed by atoms with E-state index in [-0.39, 0.29) is 0 Å². The summed E-state index contributed by atoms with van der Waals surface area (Å²) in [7, 11) is 0. The summed E-state index contributed by atoms with van der Waals surface area (Å²) in [6, 6.07) is 11.4. The van der Waals surface area contributed by atoms with Crippen molar-refractivity contribution in [2.24, 2.45) is 0 Å². The Labute approximate surface area is 127 Å². The number of nitrogens with two attached hydrogens (primary N) is 1. The highest BCUT2D eigenvalue weighted by molar-refractivity contribution is 7.99. The number of rotatable bonds is 2. The third-order valence-corrected chi connectivity index (χ3v) is 4.22. The number of fused-ring (bicyclic) bond motifs is 1. The first-order valence-electron chi connectivity index (χ1n) is 6.35. The van der Waals surface area contributed by atoms with E-state index in [1.807, 2.05) is 30.3 Å². The van der Waals surface area contributed by atoms with Crippen molar-refractivity contribution in [1.82, 2.24) is 0 Å². The molecule has 0 aliphatic carbocycles. The van der Waals surface area contributed by atoms with E-state index in [9.17, 15) is 0 Å². The molecular formula is C15H14ClNO2S. The number of hydrogen-bond donors (Lipinski definition) is 1. The lowest BCUT2D eigenvalue weighted by Crippen LogP contribution is -1.97. The van der Waals surface area contributed by atoms with Crippen molar-refractivity contribution in [3.05, 3.63) is 41.4 Å². The molecule has 2 N–H and O–H groups in total. The van der Waals surface area contributed by atoms with Crippen LogP contribution >= 0.6 is 23.4 Å². The lowest BCUT2D eigenvalue weighted by molar-refractivity contribution is 0.297. The Morgan fingerprint density at radius 2 is 1.80 bits per heavy atom. The van der Waals surface area contributed by atoms with Gasteiger partial charge in [0.1, 0.15) is 0 Å². The normalized spacial score (nSPS) is 13.8.